The molecule has 8 heteroatoms. The van der Waals surface area contributed by atoms with Crippen molar-refractivity contribution in [3.63, 3.8) is 0 Å². The van der Waals surface area contributed by atoms with Gasteiger partial charge in [0, 0.05) is 37.4 Å². The third-order valence-electron chi connectivity index (χ3n) is 4.13. The lowest BCUT2D eigenvalue weighted by Crippen LogP contribution is -2.47. The molecule has 0 spiro atoms. The second kappa shape index (κ2) is 5.85. The van der Waals surface area contributed by atoms with E-state index in [0.29, 0.717) is 11.5 Å². The largest absolute Gasteiger partial charge is 0.383 e. The van der Waals surface area contributed by atoms with Crippen LogP contribution in [0.15, 0.2) is 10.7 Å². The topological polar surface area (TPSA) is 79.8 Å². The van der Waals surface area contributed by atoms with Gasteiger partial charge in [-0.1, -0.05) is 0 Å². The first-order valence-electron chi connectivity index (χ1n) is 7.22. The van der Waals surface area contributed by atoms with Crippen LogP contribution in [-0.2, 0) is 11.2 Å². The number of rotatable bonds is 2. The van der Waals surface area contributed by atoms with Crippen molar-refractivity contribution in [3.05, 3.63) is 21.9 Å². The summed E-state index contributed by atoms with van der Waals surface area (Å²) in [4.78, 5) is 21.1. The summed E-state index contributed by atoms with van der Waals surface area (Å²) in [6.07, 6.45) is 1.92. The van der Waals surface area contributed by atoms with Crippen LogP contribution in [0.4, 0.5) is 5.82 Å². The van der Waals surface area contributed by atoms with Gasteiger partial charge in [-0.3, -0.25) is 4.79 Å². The fourth-order valence-electron chi connectivity index (χ4n) is 2.68. The maximum Gasteiger partial charge on any atom is 0.227 e. The number of nitrogens with two attached hydrogens (primary N) is 1. The zero-order chi connectivity index (χ0) is 15.9. The van der Waals surface area contributed by atoms with Gasteiger partial charge in [0.05, 0.1) is 17.1 Å². The number of carbonyl (C=O) groups excluding carboxylic acids is 1. The molecule has 118 valence electrons. The SMILES string of the molecule is Cc1nc2c(Br)cnn2c(N)c1CC(=O)N1CCN(C)CC1. The molecule has 7 nitrogen and oxygen atoms in total. The summed E-state index contributed by atoms with van der Waals surface area (Å²) < 4.78 is 2.36. The predicted octanol–water partition coefficient (Wildman–Crippen LogP) is 0.699. The van der Waals surface area contributed by atoms with Crippen molar-refractivity contribution in [2.24, 2.45) is 0 Å². The van der Waals surface area contributed by atoms with E-state index in [0.717, 1.165) is 41.9 Å². The lowest BCUT2D eigenvalue weighted by atomic mass is 10.1. The second-order valence-corrected chi connectivity index (χ2v) is 6.50. The molecule has 2 N–H and O–H groups in total. The van der Waals surface area contributed by atoms with E-state index in [1.165, 1.54) is 0 Å². The highest BCUT2D eigenvalue weighted by Gasteiger charge is 2.22. The fraction of sp³-hybridized carbons (Fsp3) is 0.500. The van der Waals surface area contributed by atoms with Crippen molar-refractivity contribution in [2.75, 3.05) is 39.0 Å². The predicted molar refractivity (Wildman–Crippen MR) is 87.6 cm³/mol. The number of anilines is 1. The van der Waals surface area contributed by atoms with Gasteiger partial charge < -0.3 is 15.5 Å². The molecule has 3 rings (SSSR count). The molecule has 0 radical (unpaired) electrons. The molecule has 2 aromatic rings. The van der Waals surface area contributed by atoms with Crippen molar-refractivity contribution >= 4 is 33.3 Å². The Morgan fingerprint density at radius 2 is 2.05 bits per heavy atom. The maximum atomic E-state index is 12.5. The zero-order valence-electron chi connectivity index (χ0n) is 12.7. The molecular weight excluding hydrogens is 348 g/mol. The number of piperazine rings is 1. The molecule has 1 aliphatic rings. The Morgan fingerprint density at radius 1 is 1.36 bits per heavy atom. The van der Waals surface area contributed by atoms with Crippen molar-refractivity contribution in [2.45, 2.75) is 13.3 Å². The van der Waals surface area contributed by atoms with Gasteiger partial charge in [0.2, 0.25) is 5.91 Å². The summed E-state index contributed by atoms with van der Waals surface area (Å²) in [5, 5.41) is 4.20. The number of amides is 1. The van der Waals surface area contributed by atoms with E-state index in [2.05, 4.69) is 38.0 Å². The third-order valence-corrected chi connectivity index (χ3v) is 4.69. The van der Waals surface area contributed by atoms with E-state index in [9.17, 15) is 4.79 Å². The number of fused-ring (bicyclic) bond motifs is 1. The lowest BCUT2D eigenvalue weighted by Gasteiger charge is -2.32. The molecule has 0 aromatic carbocycles. The molecule has 22 heavy (non-hydrogen) atoms. The van der Waals surface area contributed by atoms with Crippen molar-refractivity contribution in [1.29, 1.82) is 0 Å². The van der Waals surface area contributed by atoms with Gasteiger partial charge in [0.15, 0.2) is 5.65 Å². The Hall–Kier alpha value is -1.67. The Labute approximate surface area is 137 Å². The summed E-state index contributed by atoms with van der Waals surface area (Å²) >= 11 is 3.40. The summed E-state index contributed by atoms with van der Waals surface area (Å²) in [6, 6.07) is 0. The monoisotopic (exact) mass is 366 g/mol. The number of halogens is 1. The molecule has 0 bridgehead atoms. The number of hydrogen-bond donors (Lipinski definition) is 1. The van der Waals surface area contributed by atoms with Gasteiger partial charge in [0.25, 0.3) is 0 Å². The van der Waals surface area contributed by atoms with Crippen molar-refractivity contribution < 1.29 is 4.79 Å². The molecule has 0 aliphatic carbocycles. The summed E-state index contributed by atoms with van der Waals surface area (Å²) in [5.74, 6) is 0.575. The van der Waals surface area contributed by atoms with Crippen LogP contribution in [0.2, 0.25) is 0 Å². The standard InChI is InChI=1S/C14H19BrN6O/c1-9-10(7-12(22)20-5-3-19(2)4-6-20)13(16)21-14(18-9)11(15)8-17-21/h8H,3-7,16H2,1-2H3. The first-order valence-corrected chi connectivity index (χ1v) is 8.01. The van der Waals surface area contributed by atoms with Gasteiger partial charge in [0.1, 0.15) is 5.82 Å². The molecule has 1 saturated heterocycles. The minimum atomic E-state index is 0.0928. The summed E-state index contributed by atoms with van der Waals surface area (Å²) in [6.45, 7) is 5.21. The van der Waals surface area contributed by atoms with Gasteiger partial charge in [-0.25, -0.2) is 4.98 Å². The number of carbonyl (C=O) groups is 1. The van der Waals surface area contributed by atoms with Crippen LogP contribution < -0.4 is 5.73 Å². The zero-order valence-corrected chi connectivity index (χ0v) is 14.3. The third kappa shape index (κ3) is 2.68. The highest BCUT2D eigenvalue weighted by Crippen LogP contribution is 2.23. The summed E-state index contributed by atoms with van der Waals surface area (Å²) in [7, 11) is 2.07. The molecule has 1 aliphatic heterocycles. The molecule has 2 aromatic heterocycles. The van der Waals surface area contributed by atoms with Gasteiger partial charge in [-0.2, -0.15) is 9.61 Å². The van der Waals surface area contributed by atoms with E-state index in [1.54, 1.807) is 10.7 Å². The van der Waals surface area contributed by atoms with Crippen LogP contribution in [-0.4, -0.2) is 63.5 Å². The fourth-order valence-corrected chi connectivity index (χ4v) is 3.02. The van der Waals surface area contributed by atoms with Gasteiger partial charge in [-0.05, 0) is 29.9 Å². The number of likely N-dealkylation sites (N-methyl/N-ethyl adjacent to an activating group) is 1. The second-order valence-electron chi connectivity index (χ2n) is 5.65. The van der Waals surface area contributed by atoms with E-state index in [4.69, 9.17) is 5.73 Å². The Morgan fingerprint density at radius 3 is 2.73 bits per heavy atom. The highest BCUT2D eigenvalue weighted by molar-refractivity contribution is 9.10. The minimum Gasteiger partial charge on any atom is -0.383 e. The minimum absolute atomic E-state index is 0.0928. The number of hydrogen-bond acceptors (Lipinski definition) is 5. The first-order chi connectivity index (χ1) is 10.5. The van der Waals surface area contributed by atoms with E-state index >= 15 is 0 Å². The first kappa shape index (κ1) is 15.2. The van der Waals surface area contributed by atoms with Crippen LogP contribution in [0.1, 0.15) is 11.3 Å². The van der Waals surface area contributed by atoms with Gasteiger partial charge in [-0.15, -0.1) is 0 Å². The van der Waals surface area contributed by atoms with Crippen molar-refractivity contribution in [3.8, 4) is 0 Å². The van der Waals surface area contributed by atoms with Crippen LogP contribution >= 0.6 is 15.9 Å². The average molecular weight is 367 g/mol. The Bertz CT molecular complexity index is 720. The van der Waals surface area contributed by atoms with Crippen LogP contribution in [0, 0.1) is 6.92 Å². The molecule has 1 fully saturated rings. The number of nitrogen functional groups attached to an aromatic ring is 1. The van der Waals surface area contributed by atoms with Crippen LogP contribution in [0.5, 0.6) is 0 Å². The smallest absolute Gasteiger partial charge is 0.227 e. The maximum absolute atomic E-state index is 12.5. The molecule has 1 amide bonds. The van der Waals surface area contributed by atoms with E-state index in [-0.39, 0.29) is 12.3 Å². The molecule has 0 atom stereocenters. The molecule has 0 saturated carbocycles. The van der Waals surface area contributed by atoms with E-state index in [1.807, 2.05) is 11.8 Å². The molecular formula is C14H19BrN6O. The molecule has 0 unspecified atom stereocenters. The number of nitrogens with zero attached hydrogens (tertiary/aromatic N) is 5. The number of aromatic nitrogens is 3. The highest BCUT2D eigenvalue weighted by atomic mass is 79.9. The lowest BCUT2D eigenvalue weighted by molar-refractivity contribution is -0.132. The van der Waals surface area contributed by atoms with E-state index < -0.39 is 0 Å². The normalized spacial score (nSPS) is 16.4. The quantitative estimate of drug-likeness (QED) is 0.845. The van der Waals surface area contributed by atoms with Crippen LogP contribution in [0.3, 0.4) is 0 Å². The Kier molecular flexibility index (Phi) is 4.05. The van der Waals surface area contributed by atoms with Gasteiger partial charge >= 0.3 is 0 Å². The Balaban J connectivity index is 1.86. The number of aryl methyl sites for hydroxylation is 1. The van der Waals surface area contributed by atoms with Crippen LogP contribution in [0.25, 0.3) is 5.65 Å². The molecule has 3 heterocycles. The summed E-state index contributed by atoms with van der Waals surface area (Å²) in [5.41, 5.74) is 8.39. The van der Waals surface area contributed by atoms with Crippen molar-refractivity contribution in [1.82, 2.24) is 24.4 Å². The average Bonchev–Trinajstić information content (AvgIpc) is 2.85.